The summed E-state index contributed by atoms with van der Waals surface area (Å²) in [5.41, 5.74) is 0.398. The van der Waals surface area contributed by atoms with Gasteiger partial charge in [-0.3, -0.25) is 0 Å². The van der Waals surface area contributed by atoms with E-state index in [0.717, 1.165) is 18.8 Å². The van der Waals surface area contributed by atoms with Crippen molar-refractivity contribution in [3.63, 3.8) is 0 Å². The van der Waals surface area contributed by atoms with Gasteiger partial charge in [0.2, 0.25) is 0 Å². The third-order valence-electron chi connectivity index (χ3n) is 5.75. The highest BCUT2D eigenvalue weighted by Gasteiger charge is 2.30. The number of hydrogen-bond acceptors (Lipinski definition) is 5. The summed E-state index contributed by atoms with van der Waals surface area (Å²) in [5.74, 6) is 0.0648. The van der Waals surface area contributed by atoms with E-state index in [0.29, 0.717) is 11.5 Å². The summed E-state index contributed by atoms with van der Waals surface area (Å²) in [5, 5.41) is 9.48. The molecule has 0 aromatic heterocycles. The maximum atomic E-state index is 12.0. The zero-order chi connectivity index (χ0) is 21.1. The molecule has 1 rings (SSSR count). The number of unbranched alkanes of at least 4 members (excludes halogenated alkanes) is 2. The summed E-state index contributed by atoms with van der Waals surface area (Å²) >= 11 is 0. The molecule has 0 heterocycles. The quantitative estimate of drug-likeness (QED) is 0.298. The lowest BCUT2D eigenvalue weighted by molar-refractivity contribution is -0.146. The summed E-state index contributed by atoms with van der Waals surface area (Å²) in [6.07, 6.45) is 8.65. The summed E-state index contributed by atoms with van der Waals surface area (Å²) in [4.78, 5) is 23.8. The lowest BCUT2D eigenvalue weighted by Gasteiger charge is -2.33. The van der Waals surface area contributed by atoms with Gasteiger partial charge in [-0.1, -0.05) is 58.6 Å². The fraction of sp³-hybridized carbons (Fsp3) is 0.739. The van der Waals surface area contributed by atoms with Crippen LogP contribution in [0.3, 0.4) is 0 Å². The number of carbonyl (C=O) groups excluding carboxylic acids is 2. The molecule has 1 N–H and O–H groups in total. The van der Waals surface area contributed by atoms with Gasteiger partial charge in [-0.05, 0) is 38.5 Å². The van der Waals surface area contributed by atoms with Crippen LogP contribution in [-0.4, -0.2) is 36.4 Å². The maximum Gasteiger partial charge on any atom is 0.336 e. The smallest absolute Gasteiger partial charge is 0.336 e. The second-order valence-electron chi connectivity index (χ2n) is 8.22. The first-order valence-corrected chi connectivity index (χ1v) is 10.6. The minimum Gasteiger partial charge on any atom is -0.462 e. The summed E-state index contributed by atoms with van der Waals surface area (Å²) in [6.45, 7) is 12.9. The zero-order valence-corrected chi connectivity index (χ0v) is 17.9. The van der Waals surface area contributed by atoms with Crippen molar-refractivity contribution in [2.45, 2.75) is 78.2 Å². The Labute approximate surface area is 170 Å². The van der Waals surface area contributed by atoms with Gasteiger partial charge in [0.05, 0.1) is 24.9 Å². The molecule has 1 fully saturated rings. The van der Waals surface area contributed by atoms with E-state index in [9.17, 15) is 14.7 Å². The fourth-order valence-corrected chi connectivity index (χ4v) is 3.70. The van der Waals surface area contributed by atoms with Crippen LogP contribution in [0.2, 0.25) is 0 Å². The van der Waals surface area contributed by atoms with Crippen molar-refractivity contribution >= 4 is 11.9 Å². The number of hydrogen-bond donors (Lipinski definition) is 1. The van der Waals surface area contributed by atoms with Crippen molar-refractivity contribution in [2.24, 2.45) is 17.8 Å². The molecule has 0 bridgehead atoms. The van der Waals surface area contributed by atoms with Gasteiger partial charge in [0.25, 0.3) is 0 Å². The van der Waals surface area contributed by atoms with E-state index in [-0.39, 0.29) is 24.7 Å². The summed E-state index contributed by atoms with van der Waals surface area (Å²) in [7, 11) is 0. The summed E-state index contributed by atoms with van der Waals surface area (Å²) in [6, 6.07) is 0. The molecule has 2 unspecified atom stereocenters. The topological polar surface area (TPSA) is 72.8 Å². The van der Waals surface area contributed by atoms with Crippen molar-refractivity contribution in [1.29, 1.82) is 0 Å². The number of carbonyl (C=O) groups is 2. The molecular weight excluding hydrogens is 356 g/mol. The Balaban J connectivity index is 2.60. The number of esters is 2. The van der Waals surface area contributed by atoms with Crippen LogP contribution in [-0.2, 0) is 19.1 Å². The Bertz CT molecular complexity index is 529. The largest absolute Gasteiger partial charge is 0.462 e. The molecule has 5 heteroatoms. The minimum absolute atomic E-state index is 0.0392. The highest BCUT2D eigenvalue weighted by Crippen LogP contribution is 2.36. The molecule has 0 saturated heterocycles. The SMILES string of the molecule is C=C(C)C(=O)OCC(COC(=O)C(=C)C(C)O)C1CCC(CCCCC)CC1. The van der Waals surface area contributed by atoms with E-state index in [1.807, 2.05) is 0 Å². The van der Waals surface area contributed by atoms with Crippen LogP contribution in [0.4, 0.5) is 0 Å². The molecule has 1 aliphatic rings. The Morgan fingerprint density at radius 3 is 2.11 bits per heavy atom. The molecule has 1 saturated carbocycles. The Morgan fingerprint density at radius 1 is 1.04 bits per heavy atom. The van der Waals surface area contributed by atoms with Gasteiger partial charge in [-0.15, -0.1) is 0 Å². The van der Waals surface area contributed by atoms with Gasteiger partial charge in [-0.25, -0.2) is 9.59 Å². The van der Waals surface area contributed by atoms with Crippen LogP contribution in [0, 0.1) is 17.8 Å². The first-order chi connectivity index (χ1) is 13.3. The molecule has 0 aliphatic heterocycles. The second kappa shape index (κ2) is 12.8. The number of rotatable bonds is 12. The van der Waals surface area contributed by atoms with Gasteiger partial charge < -0.3 is 14.6 Å². The van der Waals surface area contributed by atoms with Crippen molar-refractivity contribution < 1.29 is 24.2 Å². The van der Waals surface area contributed by atoms with Crippen molar-refractivity contribution in [3.8, 4) is 0 Å². The molecule has 28 heavy (non-hydrogen) atoms. The molecule has 0 amide bonds. The average Bonchev–Trinajstić information content (AvgIpc) is 2.67. The molecular formula is C23H38O5. The Hall–Kier alpha value is -1.62. The van der Waals surface area contributed by atoms with Crippen LogP contribution in [0.1, 0.15) is 72.1 Å². The molecule has 0 aromatic rings. The Morgan fingerprint density at radius 2 is 1.61 bits per heavy atom. The van der Waals surface area contributed by atoms with Gasteiger partial charge in [0, 0.05) is 11.5 Å². The highest BCUT2D eigenvalue weighted by atomic mass is 16.5. The lowest BCUT2D eigenvalue weighted by Crippen LogP contribution is -2.31. The van der Waals surface area contributed by atoms with E-state index in [2.05, 4.69) is 20.1 Å². The normalized spacial score (nSPS) is 21.4. The van der Waals surface area contributed by atoms with E-state index in [1.54, 1.807) is 6.92 Å². The number of ether oxygens (including phenoxy) is 2. The average molecular weight is 395 g/mol. The van der Waals surface area contributed by atoms with Crippen LogP contribution in [0.5, 0.6) is 0 Å². The van der Waals surface area contributed by atoms with Crippen molar-refractivity contribution in [2.75, 3.05) is 13.2 Å². The third-order valence-corrected chi connectivity index (χ3v) is 5.75. The molecule has 5 nitrogen and oxygen atoms in total. The van der Waals surface area contributed by atoms with Crippen LogP contribution in [0.15, 0.2) is 24.3 Å². The van der Waals surface area contributed by atoms with Crippen LogP contribution >= 0.6 is 0 Å². The zero-order valence-electron chi connectivity index (χ0n) is 17.9. The predicted molar refractivity (Wildman–Crippen MR) is 111 cm³/mol. The van der Waals surface area contributed by atoms with Gasteiger partial charge >= 0.3 is 11.9 Å². The number of aliphatic hydroxyl groups is 1. The third kappa shape index (κ3) is 8.59. The monoisotopic (exact) mass is 394 g/mol. The Kier molecular flexibility index (Phi) is 11.1. The second-order valence-corrected chi connectivity index (χ2v) is 8.22. The van der Waals surface area contributed by atoms with Crippen LogP contribution < -0.4 is 0 Å². The van der Waals surface area contributed by atoms with Crippen LogP contribution in [0.25, 0.3) is 0 Å². The number of aliphatic hydroxyl groups excluding tert-OH is 1. The summed E-state index contributed by atoms with van der Waals surface area (Å²) < 4.78 is 10.7. The first-order valence-electron chi connectivity index (χ1n) is 10.6. The standard InChI is InChI=1S/C23H38O5/c1-6-7-8-9-19-10-12-20(13-11-19)21(14-27-22(25)16(2)3)15-28-23(26)17(4)18(5)24/h18-21,24H,2,4,6-15H2,1,3,5H3. The molecule has 2 atom stereocenters. The lowest BCUT2D eigenvalue weighted by atomic mass is 9.75. The predicted octanol–water partition coefficient (Wildman–Crippen LogP) is 4.59. The molecule has 0 aromatic carbocycles. The highest BCUT2D eigenvalue weighted by molar-refractivity contribution is 5.88. The van der Waals surface area contributed by atoms with Gasteiger partial charge in [0.1, 0.15) is 0 Å². The van der Waals surface area contributed by atoms with E-state index < -0.39 is 18.0 Å². The maximum absolute atomic E-state index is 12.0. The van der Waals surface area contributed by atoms with Gasteiger partial charge in [0.15, 0.2) is 0 Å². The molecule has 0 spiro atoms. The molecule has 1 aliphatic carbocycles. The fourth-order valence-electron chi connectivity index (χ4n) is 3.70. The minimum atomic E-state index is -0.939. The van der Waals surface area contributed by atoms with Gasteiger partial charge in [-0.2, -0.15) is 0 Å². The first kappa shape index (κ1) is 24.4. The van der Waals surface area contributed by atoms with Crippen molar-refractivity contribution in [1.82, 2.24) is 0 Å². The van der Waals surface area contributed by atoms with Crippen molar-refractivity contribution in [3.05, 3.63) is 24.3 Å². The molecule has 160 valence electrons. The van der Waals surface area contributed by atoms with E-state index in [1.165, 1.54) is 45.4 Å². The van der Waals surface area contributed by atoms with E-state index in [4.69, 9.17) is 9.47 Å². The molecule has 0 radical (unpaired) electrons. The van der Waals surface area contributed by atoms with E-state index >= 15 is 0 Å².